The van der Waals surface area contributed by atoms with Gasteiger partial charge in [-0.05, 0) is 48.0 Å². The Hall–Kier alpha value is -3.78. The highest BCUT2D eigenvalue weighted by molar-refractivity contribution is 7.89. The molecule has 11 nitrogen and oxygen atoms in total. The quantitative estimate of drug-likeness (QED) is 0.316. The van der Waals surface area contributed by atoms with Gasteiger partial charge in [0.25, 0.3) is 5.91 Å². The molecule has 1 atom stereocenters. The molecule has 38 heavy (non-hydrogen) atoms. The first kappa shape index (κ1) is 27.3. The number of phenols is 1. The molecule has 2 N–H and O–H groups in total. The molecule has 200 valence electrons. The van der Waals surface area contributed by atoms with Crippen LogP contribution in [0.25, 0.3) is 0 Å². The number of hydrogen-bond acceptors (Lipinski definition) is 8. The number of hydrogen-bond donors (Lipinski definition) is 2. The number of benzene rings is 3. The zero-order valence-electron chi connectivity index (χ0n) is 20.3. The molecule has 3 aromatic rings. The number of hydrazone groups is 1. The monoisotopic (exact) mass is 558 g/mol. The number of phenolic OH excluding ortho intramolecular Hbond substituents is 1. The van der Waals surface area contributed by atoms with Crippen molar-refractivity contribution in [3.8, 4) is 11.5 Å². The highest BCUT2D eigenvalue weighted by atomic mass is 32.2. The van der Waals surface area contributed by atoms with E-state index in [9.17, 15) is 26.7 Å². The van der Waals surface area contributed by atoms with Crippen molar-refractivity contribution in [3.05, 3.63) is 84.4 Å². The molecular formula is C25H26N4O7S2. The summed E-state index contributed by atoms with van der Waals surface area (Å²) in [5.74, 6) is -0.675. The van der Waals surface area contributed by atoms with E-state index >= 15 is 0 Å². The van der Waals surface area contributed by atoms with Crippen LogP contribution in [0.4, 0.5) is 0 Å². The molecule has 1 heterocycles. The van der Waals surface area contributed by atoms with Gasteiger partial charge in [0.05, 0.1) is 23.1 Å². The van der Waals surface area contributed by atoms with Crippen LogP contribution in [0, 0.1) is 0 Å². The van der Waals surface area contributed by atoms with Gasteiger partial charge < -0.3 is 9.84 Å². The highest BCUT2D eigenvalue weighted by Crippen LogP contribution is 2.26. The van der Waals surface area contributed by atoms with Gasteiger partial charge in [-0.2, -0.15) is 13.7 Å². The molecule has 0 bridgehead atoms. The van der Waals surface area contributed by atoms with Crippen molar-refractivity contribution >= 4 is 32.2 Å². The molecule has 1 saturated heterocycles. The maximum Gasteiger partial charge on any atom is 0.259 e. The fourth-order valence-electron chi connectivity index (χ4n) is 3.95. The molecule has 0 aliphatic carbocycles. The summed E-state index contributed by atoms with van der Waals surface area (Å²) < 4.78 is 60.5. The molecule has 1 fully saturated rings. The van der Waals surface area contributed by atoms with Crippen molar-refractivity contribution in [3.63, 3.8) is 0 Å². The second kappa shape index (κ2) is 11.3. The topological polar surface area (TPSA) is 146 Å². The zero-order chi connectivity index (χ0) is 27.3. The van der Waals surface area contributed by atoms with Crippen LogP contribution in [0.5, 0.6) is 11.5 Å². The smallest absolute Gasteiger partial charge is 0.259 e. The molecule has 4 rings (SSSR count). The van der Waals surface area contributed by atoms with Crippen molar-refractivity contribution < 1.29 is 31.5 Å². The van der Waals surface area contributed by atoms with E-state index in [1.54, 1.807) is 36.4 Å². The first-order valence-corrected chi connectivity index (χ1v) is 14.3. The van der Waals surface area contributed by atoms with E-state index in [1.807, 2.05) is 0 Å². The molecule has 1 amide bonds. The first-order valence-electron chi connectivity index (χ1n) is 11.5. The minimum Gasteiger partial charge on any atom is -0.504 e. The van der Waals surface area contributed by atoms with Crippen molar-refractivity contribution in [2.24, 2.45) is 5.10 Å². The summed E-state index contributed by atoms with van der Waals surface area (Å²) in [6.07, 6.45) is 1.29. The predicted octanol–water partition coefficient (Wildman–Crippen LogP) is 1.61. The van der Waals surface area contributed by atoms with E-state index in [0.29, 0.717) is 5.56 Å². The number of nitrogens with one attached hydrogen (secondary N) is 1. The normalized spacial score (nSPS) is 17.3. The Morgan fingerprint density at radius 1 is 0.947 bits per heavy atom. The average Bonchev–Trinajstić information content (AvgIpc) is 2.94. The number of sulfonamides is 2. The fourth-order valence-corrected chi connectivity index (χ4v) is 7.00. The van der Waals surface area contributed by atoms with E-state index in [4.69, 9.17) is 4.74 Å². The van der Waals surface area contributed by atoms with Crippen LogP contribution < -0.4 is 10.2 Å². The Bertz CT molecular complexity index is 1530. The van der Waals surface area contributed by atoms with Gasteiger partial charge in [0.1, 0.15) is 6.04 Å². The maximum absolute atomic E-state index is 13.4. The van der Waals surface area contributed by atoms with Crippen molar-refractivity contribution in [1.82, 2.24) is 14.0 Å². The fraction of sp³-hybridized carbons (Fsp3) is 0.200. The predicted molar refractivity (Wildman–Crippen MR) is 140 cm³/mol. The number of carbonyl (C=O) groups excluding carboxylic acids is 1. The molecule has 0 aromatic heterocycles. The summed E-state index contributed by atoms with van der Waals surface area (Å²) in [5, 5.41) is 13.6. The summed E-state index contributed by atoms with van der Waals surface area (Å²) in [6, 6.07) is 18.4. The Morgan fingerprint density at radius 3 is 2.16 bits per heavy atom. The van der Waals surface area contributed by atoms with Gasteiger partial charge in [-0.3, -0.25) is 4.79 Å². The van der Waals surface area contributed by atoms with Crippen LogP contribution in [0.3, 0.4) is 0 Å². The van der Waals surface area contributed by atoms with Crippen molar-refractivity contribution in [2.75, 3.05) is 26.7 Å². The largest absolute Gasteiger partial charge is 0.504 e. The summed E-state index contributed by atoms with van der Waals surface area (Å²) >= 11 is 0. The Labute approximate surface area is 221 Å². The Morgan fingerprint density at radius 2 is 1.55 bits per heavy atom. The molecule has 1 aliphatic heterocycles. The van der Waals surface area contributed by atoms with Crippen LogP contribution in [0.1, 0.15) is 5.56 Å². The molecule has 3 aromatic carbocycles. The first-order chi connectivity index (χ1) is 18.1. The summed E-state index contributed by atoms with van der Waals surface area (Å²) in [6.45, 7) is -0.776. The highest BCUT2D eigenvalue weighted by Gasteiger charge is 2.43. The Balaban J connectivity index is 1.62. The van der Waals surface area contributed by atoms with Gasteiger partial charge in [-0.1, -0.05) is 36.4 Å². The van der Waals surface area contributed by atoms with E-state index in [0.717, 1.165) is 8.61 Å². The van der Waals surface area contributed by atoms with Crippen LogP contribution in [-0.2, 0) is 24.8 Å². The number of piperazine rings is 1. The van der Waals surface area contributed by atoms with Crippen LogP contribution in [0.15, 0.2) is 93.8 Å². The van der Waals surface area contributed by atoms with Crippen molar-refractivity contribution in [2.45, 2.75) is 15.8 Å². The standard InChI is InChI=1S/C25H26N4O7S2/c1-36-24-16-19(12-13-23(24)30)17-26-27-25(31)22-18-28(37(32,33)20-8-4-2-5-9-20)14-15-29(22)38(34,35)21-10-6-3-7-11-21/h2-13,16-17,22,30H,14-15,18H2,1H3,(H,27,31)/b26-17-/t22-/m0/s1. The number of rotatable bonds is 8. The molecule has 0 radical (unpaired) electrons. The summed E-state index contributed by atoms with van der Waals surface area (Å²) in [5.41, 5.74) is 2.81. The number of aromatic hydroxyl groups is 1. The Kier molecular flexibility index (Phi) is 8.11. The molecule has 0 saturated carbocycles. The molecule has 0 unspecified atom stereocenters. The van der Waals surface area contributed by atoms with Gasteiger partial charge in [0, 0.05) is 19.6 Å². The van der Waals surface area contributed by atoms with Crippen LogP contribution >= 0.6 is 0 Å². The maximum atomic E-state index is 13.4. The number of amides is 1. The minimum absolute atomic E-state index is 0.0168. The van der Waals surface area contributed by atoms with Crippen LogP contribution in [0.2, 0.25) is 0 Å². The lowest BCUT2D eigenvalue weighted by atomic mass is 10.2. The van der Waals surface area contributed by atoms with Crippen molar-refractivity contribution in [1.29, 1.82) is 0 Å². The number of carbonyl (C=O) groups is 1. The van der Waals surface area contributed by atoms with E-state index in [-0.39, 0.29) is 34.4 Å². The molecular weight excluding hydrogens is 532 g/mol. The zero-order valence-corrected chi connectivity index (χ0v) is 22.0. The molecule has 13 heteroatoms. The summed E-state index contributed by atoms with van der Waals surface area (Å²) in [7, 11) is -6.72. The lowest BCUT2D eigenvalue weighted by molar-refractivity contribution is -0.125. The average molecular weight is 559 g/mol. The SMILES string of the molecule is COc1cc(/C=N\NC(=O)[C@@H]2CN(S(=O)(=O)c3ccccc3)CCN2S(=O)(=O)c2ccccc2)ccc1O. The minimum atomic E-state index is -4.13. The van der Waals surface area contributed by atoms with E-state index in [2.05, 4.69) is 10.5 Å². The molecule has 1 aliphatic rings. The van der Waals surface area contributed by atoms with Gasteiger partial charge >= 0.3 is 0 Å². The lowest BCUT2D eigenvalue weighted by Gasteiger charge is -2.38. The van der Waals surface area contributed by atoms with Crippen LogP contribution in [-0.4, -0.2) is 75.5 Å². The second-order valence-electron chi connectivity index (χ2n) is 8.29. The van der Waals surface area contributed by atoms with Gasteiger partial charge in [-0.15, -0.1) is 0 Å². The number of methoxy groups -OCH3 is 1. The molecule has 0 spiro atoms. The third-order valence-corrected chi connectivity index (χ3v) is 9.72. The van der Waals surface area contributed by atoms with Gasteiger partial charge in [0.15, 0.2) is 11.5 Å². The van der Waals surface area contributed by atoms with E-state index in [1.165, 1.54) is 55.8 Å². The second-order valence-corrected chi connectivity index (χ2v) is 12.1. The van der Waals surface area contributed by atoms with Gasteiger partial charge in [-0.25, -0.2) is 22.3 Å². The number of nitrogens with zero attached hydrogens (tertiary/aromatic N) is 3. The summed E-state index contributed by atoms with van der Waals surface area (Å²) in [4.78, 5) is 13.3. The third kappa shape index (κ3) is 5.70. The number of ether oxygens (including phenoxy) is 1. The van der Waals surface area contributed by atoms with Gasteiger partial charge in [0.2, 0.25) is 20.0 Å². The lowest BCUT2D eigenvalue weighted by Crippen LogP contribution is -2.60. The van der Waals surface area contributed by atoms with E-state index < -0.39 is 38.5 Å². The third-order valence-electron chi connectivity index (χ3n) is 5.92.